The van der Waals surface area contributed by atoms with E-state index >= 15 is 0 Å². The van der Waals surface area contributed by atoms with Crippen LogP contribution in [0.1, 0.15) is 5.56 Å². The topological polar surface area (TPSA) is 43.6 Å². The van der Waals surface area contributed by atoms with E-state index in [0.29, 0.717) is 22.7 Å². The first-order valence-electron chi connectivity index (χ1n) is 13.0. The molecular weight excluding hydrogens is 521 g/mol. The van der Waals surface area contributed by atoms with Crippen molar-refractivity contribution in [3.8, 4) is 39.9 Å². The number of alkyl halides is 3. The van der Waals surface area contributed by atoms with Crippen molar-refractivity contribution < 1.29 is 13.2 Å². The zero-order valence-corrected chi connectivity index (χ0v) is 21.5. The molecule has 0 aliphatic carbocycles. The molecule has 41 heavy (non-hydrogen) atoms. The minimum absolute atomic E-state index is 0.0410. The van der Waals surface area contributed by atoms with E-state index in [1.54, 1.807) is 10.6 Å². The van der Waals surface area contributed by atoms with Crippen LogP contribution < -0.4 is 0 Å². The van der Waals surface area contributed by atoms with Gasteiger partial charge in [0.15, 0.2) is 17.5 Å². The molecule has 0 N–H and O–H groups in total. The zero-order chi connectivity index (χ0) is 28.0. The molecule has 198 valence electrons. The number of fused-ring (bicyclic) bond motifs is 3. The maximum Gasteiger partial charge on any atom is 0.418 e. The number of para-hydroxylation sites is 2. The molecule has 2 aromatic heterocycles. The van der Waals surface area contributed by atoms with Gasteiger partial charge in [-0.1, -0.05) is 97.1 Å². The van der Waals surface area contributed by atoms with Gasteiger partial charge in [0, 0.05) is 27.5 Å². The molecule has 0 aliphatic heterocycles. The van der Waals surface area contributed by atoms with E-state index < -0.39 is 11.7 Å². The largest absolute Gasteiger partial charge is 0.418 e. The van der Waals surface area contributed by atoms with E-state index in [1.807, 2.05) is 109 Å². The van der Waals surface area contributed by atoms with E-state index in [-0.39, 0.29) is 17.1 Å². The Morgan fingerprint density at radius 1 is 0.463 bits per heavy atom. The molecule has 7 heteroatoms. The van der Waals surface area contributed by atoms with Crippen molar-refractivity contribution in [2.24, 2.45) is 0 Å². The molecule has 0 fully saturated rings. The van der Waals surface area contributed by atoms with Crippen LogP contribution >= 0.6 is 0 Å². The van der Waals surface area contributed by atoms with Gasteiger partial charge < -0.3 is 4.57 Å². The van der Waals surface area contributed by atoms with E-state index in [2.05, 4.69) is 15.0 Å². The summed E-state index contributed by atoms with van der Waals surface area (Å²) in [6.45, 7) is 0. The van der Waals surface area contributed by atoms with Gasteiger partial charge >= 0.3 is 6.18 Å². The third-order valence-corrected chi connectivity index (χ3v) is 7.08. The second-order valence-electron chi connectivity index (χ2n) is 9.64. The molecule has 0 amide bonds. The van der Waals surface area contributed by atoms with Crippen LogP contribution in [0.3, 0.4) is 0 Å². The maximum absolute atomic E-state index is 14.8. The molecule has 2 heterocycles. The van der Waals surface area contributed by atoms with Gasteiger partial charge in [0.25, 0.3) is 0 Å². The van der Waals surface area contributed by atoms with Gasteiger partial charge in [0.2, 0.25) is 0 Å². The minimum atomic E-state index is -4.63. The Kier molecular flexibility index (Phi) is 5.86. The summed E-state index contributed by atoms with van der Waals surface area (Å²) in [6.07, 6.45) is -4.63. The average Bonchev–Trinajstić information content (AvgIpc) is 3.35. The van der Waals surface area contributed by atoms with Gasteiger partial charge in [-0.25, -0.2) is 15.0 Å². The summed E-state index contributed by atoms with van der Waals surface area (Å²) < 4.78 is 46.0. The fraction of sp³-hybridized carbons (Fsp3) is 0.0294. The van der Waals surface area contributed by atoms with Gasteiger partial charge in [0.1, 0.15) is 0 Å². The Labute approximate surface area is 233 Å². The van der Waals surface area contributed by atoms with E-state index in [0.717, 1.165) is 28.0 Å². The monoisotopic (exact) mass is 542 g/mol. The van der Waals surface area contributed by atoms with E-state index in [9.17, 15) is 13.2 Å². The normalized spacial score (nSPS) is 11.8. The first kappa shape index (κ1) is 24.7. The third-order valence-electron chi connectivity index (χ3n) is 7.08. The Morgan fingerprint density at radius 2 is 0.902 bits per heavy atom. The number of aromatic nitrogens is 4. The maximum atomic E-state index is 14.8. The van der Waals surface area contributed by atoms with Crippen molar-refractivity contribution in [3.63, 3.8) is 0 Å². The first-order chi connectivity index (χ1) is 20.0. The summed E-state index contributed by atoms with van der Waals surface area (Å²) in [5.41, 5.74) is 2.40. The predicted molar refractivity (Wildman–Crippen MR) is 155 cm³/mol. The van der Waals surface area contributed by atoms with Crippen molar-refractivity contribution >= 4 is 21.8 Å². The van der Waals surface area contributed by atoms with Crippen molar-refractivity contribution in [2.75, 3.05) is 0 Å². The van der Waals surface area contributed by atoms with Gasteiger partial charge in [-0.3, -0.25) is 0 Å². The number of hydrogen-bond acceptors (Lipinski definition) is 3. The molecule has 7 aromatic rings. The predicted octanol–water partition coefficient (Wildman–Crippen LogP) is 8.99. The molecule has 0 saturated heterocycles. The van der Waals surface area contributed by atoms with Crippen LogP contribution in [0.25, 0.3) is 61.7 Å². The molecule has 0 aliphatic rings. The van der Waals surface area contributed by atoms with Crippen molar-refractivity contribution in [3.05, 3.63) is 133 Å². The minimum Gasteiger partial charge on any atom is -0.309 e. The Bertz CT molecular complexity index is 1920. The van der Waals surface area contributed by atoms with Crippen molar-refractivity contribution in [2.45, 2.75) is 6.18 Å². The fourth-order valence-electron chi connectivity index (χ4n) is 5.22. The highest BCUT2D eigenvalue weighted by atomic mass is 19.4. The number of rotatable bonds is 4. The average molecular weight is 543 g/mol. The molecule has 0 unspecified atom stereocenters. The molecule has 0 saturated carbocycles. The van der Waals surface area contributed by atoms with Crippen molar-refractivity contribution in [1.29, 1.82) is 0 Å². The van der Waals surface area contributed by atoms with E-state index in [4.69, 9.17) is 0 Å². The van der Waals surface area contributed by atoms with Crippen LogP contribution in [-0.2, 0) is 6.18 Å². The highest BCUT2D eigenvalue weighted by Gasteiger charge is 2.35. The summed E-state index contributed by atoms with van der Waals surface area (Å²) in [4.78, 5) is 13.9. The highest BCUT2D eigenvalue weighted by molar-refractivity contribution is 6.09. The number of hydrogen-bond donors (Lipinski definition) is 0. The smallest absolute Gasteiger partial charge is 0.309 e. The number of halogens is 3. The summed E-state index contributed by atoms with van der Waals surface area (Å²) in [7, 11) is 0. The molecule has 0 atom stereocenters. The highest BCUT2D eigenvalue weighted by Crippen LogP contribution is 2.40. The Morgan fingerprint density at radius 3 is 1.39 bits per heavy atom. The zero-order valence-electron chi connectivity index (χ0n) is 21.5. The van der Waals surface area contributed by atoms with Crippen LogP contribution in [0, 0.1) is 0 Å². The molecule has 4 nitrogen and oxygen atoms in total. The number of nitrogens with zero attached hydrogens (tertiary/aromatic N) is 4. The molecule has 5 aromatic carbocycles. The van der Waals surface area contributed by atoms with Crippen LogP contribution in [0.5, 0.6) is 0 Å². The van der Waals surface area contributed by atoms with Crippen LogP contribution in [0.4, 0.5) is 13.2 Å². The summed E-state index contributed by atoms with van der Waals surface area (Å²) >= 11 is 0. The quantitative estimate of drug-likeness (QED) is 0.223. The van der Waals surface area contributed by atoms with Gasteiger partial charge in [-0.15, -0.1) is 0 Å². The van der Waals surface area contributed by atoms with Crippen LogP contribution in [0.2, 0.25) is 0 Å². The van der Waals surface area contributed by atoms with Gasteiger partial charge in [-0.05, 0) is 30.3 Å². The lowest BCUT2D eigenvalue weighted by Gasteiger charge is -2.17. The summed E-state index contributed by atoms with van der Waals surface area (Å²) in [5, 5.41) is 1.77. The summed E-state index contributed by atoms with van der Waals surface area (Å²) in [5.74, 6) is 0.931. The molecule has 0 spiro atoms. The lowest BCUT2D eigenvalue weighted by Crippen LogP contribution is -2.11. The lowest BCUT2D eigenvalue weighted by atomic mass is 10.1. The fourth-order valence-corrected chi connectivity index (χ4v) is 5.22. The number of benzene rings is 5. The van der Waals surface area contributed by atoms with Crippen LogP contribution in [0.15, 0.2) is 127 Å². The van der Waals surface area contributed by atoms with Gasteiger partial charge in [-0.2, -0.15) is 13.2 Å². The second-order valence-corrected chi connectivity index (χ2v) is 9.64. The molecule has 0 bridgehead atoms. The standard InChI is InChI=1S/C34H21F3N4/c35-34(36,37)27-21-24(19-20-30(27)41-28-17-9-7-15-25(28)26-16-8-10-18-29(26)41)33-39-31(22-11-3-1-4-12-22)38-32(40-33)23-13-5-2-6-14-23/h1-21H. The van der Waals surface area contributed by atoms with Crippen molar-refractivity contribution in [1.82, 2.24) is 19.5 Å². The van der Waals surface area contributed by atoms with Gasteiger partial charge in [0.05, 0.1) is 22.3 Å². The first-order valence-corrected chi connectivity index (χ1v) is 13.0. The van der Waals surface area contributed by atoms with Crippen LogP contribution in [-0.4, -0.2) is 19.5 Å². The molecule has 0 radical (unpaired) electrons. The SMILES string of the molecule is FC(F)(F)c1cc(-c2nc(-c3ccccc3)nc(-c3ccccc3)n2)ccc1-n1c2ccccc2c2ccccc21. The Balaban J connectivity index is 1.46. The summed E-state index contributed by atoms with van der Waals surface area (Å²) in [6, 6.07) is 37.9. The second kappa shape index (κ2) is 9.71. The van der Waals surface area contributed by atoms with E-state index in [1.165, 1.54) is 6.07 Å². The third kappa shape index (κ3) is 4.41. The molecular formula is C34H21F3N4. The Hall–Kier alpha value is -5.30. The lowest BCUT2D eigenvalue weighted by molar-refractivity contribution is -0.137. The molecule has 7 rings (SSSR count).